The van der Waals surface area contributed by atoms with Gasteiger partial charge in [-0.1, -0.05) is 18.2 Å². The molecule has 1 aromatic carbocycles. The summed E-state index contributed by atoms with van der Waals surface area (Å²) in [7, 11) is 0. The largest absolute Gasteiger partial charge is 0.508 e. The van der Waals surface area contributed by atoms with Gasteiger partial charge in [0.15, 0.2) is 5.96 Å². The number of guanidine groups is 1. The molecule has 0 spiro atoms. The van der Waals surface area contributed by atoms with Gasteiger partial charge in [0, 0.05) is 50.7 Å². The maximum absolute atomic E-state index is 9.57. The number of rotatable bonds is 6. The number of piperazine rings is 1. The summed E-state index contributed by atoms with van der Waals surface area (Å²) in [6.45, 7) is 8.90. The molecular formula is C20H28N4OS. The summed E-state index contributed by atoms with van der Waals surface area (Å²) in [6.07, 6.45) is 0.835. The summed E-state index contributed by atoms with van der Waals surface area (Å²) < 4.78 is 0. The number of phenols is 1. The Kier molecular flexibility index (Phi) is 6.91. The van der Waals surface area contributed by atoms with E-state index in [0.29, 0.717) is 5.75 Å². The summed E-state index contributed by atoms with van der Waals surface area (Å²) in [4.78, 5) is 11.1. The molecule has 1 aliphatic heterocycles. The number of phenolic OH excluding ortho intramolecular Hbond substituents is 1. The van der Waals surface area contributed by atoms with Crippen LogP contribution in [0, 0.1) is 0 Å². The summed E-state index contributed by atoms with van der Waals surface area (Å²) in [5.74, 6) is 1.32. The average molecular weight is 373 g/mol. The zero-order valence-electron chi connectivity index (χ0n) is 15.4. The van der Waals surface area contributed by atoms with Gasteiger partial charge in [0.25, 0.3) is 0 Å². The molecule has 1 aromatic heterocycles. The minimum atomic E-state index is 0.320. The SMILES string of the molecule is CCNC(=NCCc1cccc(O)c1)N1CCN(Cc2cccs2)CC1. The van der Waals surface area contributed by atoms with Crippen LogP contribution in [0.15, 0.2) is 46.8 Å². The van der Waals surface area contributed by atoms with Crippen molar-refractivity contribution in [3.8, 4) is 5.75 Å². The van der Waals surface area contributed by atoms with E-state index in [9.17, 15) is 5.11 Å². The molecule has 140 valence electrons. The van der Waals surface area contributed by atoms with Crippen molar-refractivity contribution in [3.05, 3.63) is 52.2 Å². The second-order valence-corrected chi connectivity index (χ2v) is 7.53. The van der Waals surface area contributed by atoms with Crippen LogP contribution in [0.25, 0.3) is 0 Å². The van der Waals surface area contributed by atoms with E-state index in [-0.39, 0.29) is 0 Å². The zero-order valence-corrected chi connectivity index (χ0v) is 16.2. The lowest BCUT2D eigenvalue weighted by atomic mass is 10.1. The van der Waals surface area contributed by atoms with Crippen LogP contribution in [0.3, 0.4) is 0 Å². The van der Waals surface area contributed by atoms with Crippen molar-refractivity contribution >= 4 is 17.3 Å². The van der Waals surface area contributed by atoms with Crippen molar-refractivity contribution in [1.82, 2.24) is 15.1 Å². The fraction of sp³-hybridized carbons (Fsp3) is 0.450. The number of aromatic hydroxyl groups is 1. The Morgan fingerprint density at radius 1 is 1.19 bits per heavy atom. The third kappa shape index (κ3) is 5.47. The van der Waals surface area contributed by atoms with Gasteiger partial charge in [-0.3, -0.25) is 9.89 Å². The highest BCUT2D eigenvalue weighted by molar-refractivity contribution is 7.09. The van der Waals surface area contributed by atoms with E-state index in [0.717, 1.165) is 63.8 Å². The first-order chi connectivity index (χ1) is 12.7. The second kappa shape index (κ2) is 9.59. The van der Waals surface area contributed by atoms with E-state index < -0.39 is 0 Å². The fourth-order valence-corrected chi connectivity index (χ4v) is 3.92. The molecular weight excluding hydrogens is 344 g/mol. The molecule has 0 atom stereocenters. The molecule has 2 aromatic rings. The molecule has 2 N–H and O–H groups in total. The summed E-state index contributed by atoms with van der Waals surface area (Å²) >= 11 is 1.83. The molecule has 2 heterocycles. The number of nitrogens with one attached hydrogen (secondary N) is 1. The number of aliphatic imine (C=N–C) groups is 1. The lowest BCUT2D eigenvalue weighted by Gasteiger charge is -2.36. The van der Waals surface area contributed by atoms with Crippen LogP contribution in [0.5, 0.6) is 5.75 Å². The van der Waals surface area contributed by atoms with E-state index in [1.807, 2.05) is 29.5 Å². The molecule has 26 heavy (non-hydrogen) atoms. The molecule has 5 nitrogen and oxygen atoms in total. The van der Waals surface area contributed by atoms with Crippen LogP contribution in [0.2, 0.25) is 0 Å². The summed E-state index contributed by atoms with van der Waals surface area (Å²) in [5, 5.41) is 15.1. The highest BCUT2D eigenvalue weighted by Gasteiger charge is 2.19. The van der Waals surface area contributed by atoms with Gasteiger partial charge in [0.1, 0.15) is 5.75 Å². The molecule has 1 saturated heterocycles. The van der Waals surface area contributed by atoms with Gasteiger partial charge in [-0.2, -0.15) is 0 Å². The molecule has 6 heteroatoms. The van der Waals surface area contributed by atoms with Crippen LogP contribution in [0.1, 0.15) is 17.4 Å². The van der Waals surface area contributed by atoms with Gasteiger partial charge in [0.2, 0.25) is 0 Å². The van der Waals surface area contributed by atoms with Gasteiger partial charge in [-0.25, -0.2) is 0 Å². The molecule has 0 bridgehead atoms. The van der Waals surface area contributed by atoms with Crippen molar-refractivity contribution < 1.29 is 5.11 Å². The van der Waals surface area contributed by atoms with Crippen LogP contribution >= 0.6 is 11.3 Å². The first-order valence-electron chi connectivity index (χ1n) is 9.30. The molecule has 1 aliphatic rings. The Labute approximate surface area is 160 Å². The second-order valence-electron chi connectivity index (χ2n) is 6.50. The molecule has 0 amide bonds. The van der Waals surface area contributed by atoms with E-state index in [1.165, 1.54) is 4.88 Å². The van der Waals surface area contributed by atoms with Crippen LogP contribution in [0.4, 0.5) is 0 Å². The van der Waals surface area contributed by atoms with Crippen molar-refractivity contribution in [1.29, 1.82) is 0 Å². The Morgan fingerprint density at radius 2 is 2.04 bits per heavy atom. The number of nitrogens with zero attached hydrogens (tertiary/aromatic N) is 3. The first-order valence-corrected chi connectivity index (χ1v) is 10.2. The van der Waals surface area contributed by atoms with Crippen molar-refractivity contribution in [2.75, 3.05) is 39.3 Å². The van der Waals surface area contributed by atoms with E-state index >= 15 is 0 Å². The third-order valence-electron chi connectivity index (χ3n) is 4.54. The Morgan fingerprint density at radius 3 is 2.73 bits per heavy atom. The number of hydrogen-bond donors (Lipinski definition) is 2. The lowest BCUT2D eigenvalue weighted by molar-refractivity contribution is 0.173. The van der Waals surface area contributed by atoms with Gasteiger partial charge >= 0.3 is 0 Å². The molecule has 0 saturated carbocycles. The summed E-state index contributed by atoms with van der Waals surface area (Å²) in [5.41, 5.74) is 1.12. The predicted molar refractivity (Wildman–Crippen MR) is 109 cm³/mol. The monoisotopic (exact) mass is 372 g/mol. The van der Waals surface area contributed by atoms with E-state index in [1.54, 1.807) is 6.07 Å². The Hall–Kier alpha value is -2.05. The first kappa shape index (κ1) is 18.7. The predicted octanol–water partition coefficient (Wildman–Crippen LogP) is 2.78. The number of thiophene rings is 1. The minimum absolute atomic E-state index is 0.320. The van der Waals surface area contributed by atoms with Crippen LogP contribution in [-0.2, 0) is 13.0 Å². The van der Waals surface area contributed by atoms with Crippen LogP contribution in [-0.4, -0.2) is 60.1 Å². The number of benzene rings is 1. The van der Waals surface area contributed by atoms with Gasteiger partial charge in [-0.15, -0.1) is 11.3 Å². The van der Waals surface area contributed by atoms with Crippen molar-refractivity contribution in [3.63, 3.8) is 0 Å². The van der Waals surface area contributed by atoms with Crippen LogP contribution < -0.4 is 5.32 Å². The smallest absolute Gasteiger partial charge is 0.194 e. The van der Waals surface area contributed by atoms with E-state index in [4.69, 9.17) is 4.99 Å². The molecule has 1 fully saturated rings. The number of hydrogen-bond acceptors (Lipinski definition) is 4. The van der Waals surface area contributed by atoms with Crippen molar-refractivity contribution in [2.24, 2.45) is 4.99 Å². The molecule has 0 aliphatic carbocycles. The van der Waals surface area contributed by atoms with Gasteiger partial charge < -0.3 is 15.3 Å². The van der Waals surface area contributed by atoms with Crippen molar-refractivity contribution in [2.45, 2.75) is 19.9 Å². The van der Waals surface area contributed by atoms with Gasteiger partial charge in [0.05, 0.1) is 0 Å². The Balaban J connectivity index is 1.51. The quantitative estimate of drug-likeness (QED) is 0.605. The maximum atomic E-state index is 9.57. The normalized spacial score (nSPS) is 16.0. The highest BCUT2D eigenvalue weighted by Crippen LogP contribution is 2.14. The lowest BCUT2D eigenvalue weighted by Crippen LogP contribution is -2.52. The molecule has 0 radical (unpaired) electrons. The standard InChI is InChI=1S/C20H28N4OS/c1-2-21-20(22-9-8-17-5-3-6-18(25)15-17)24-12-10-23(11-13-24)16-19-7-4-14-26-19/h3-7,14-15,25H,2,8-13,16H2,1H3,(H,21,22). The molecule has 0 unspecified atom stereocenters. The minimum Gasteiger partial charge on any atom is -0.508 e. The zero-order chi connectivity index (χ0) is 18.2. The van der Waals surface area contributed by atoms with Gasteiger partial charge in [-0.05, 0) is 42.5 Å². The third-order valence-corrected chi connectivity index (χ3v) is 5.40. The summed E-state index contributed by atoms with van der Waals surface area (Å²) in [6, 6.07) is 11.8. The fourth-order valence-electron chi connectivity index (χ4n) is 3.17. The molecule has 3 rings (SSSR count). The average Bonchev–Trinajstić information content (AvgIpc) is 3.15. The highest BCUT2D eigenvalue weighted by atomic mass is 32.1. The topological polar surface area (TPSA) is 51.1 Å². The maximum Gasteiger partial charge on any atom is 0.194 e. The van der Waals surface area contributed by atoms with E-state index in [2.05, 4.69) is 39.6 Å². The Bertz CT molecular complexity index is 694.